The molecule has 9 nitrogen and oxygen atoms in total. The third kappa shape index (κ3) is 1.79. The van der Waals surface area contributed by atoms with Crippen molar-refractivity contribution in [3.05, 3.63) is 44.2 Å². The molecule has 1 rings (SSSR count). The Morgan fingerprint density at radius 2 is 1.94 bits per heavy atom. The van der Waals surface area contributed by atoms with E-state index < -0.39 is 37.0 Å². The van der Waals surface area contributed by atoms with Crippen LogP contribution >= 0.6 is 0 Å². The number of nitrogens with zero attached hydrogens (tertiary/aromatic N) is 2. The van der Waals surface area contributed by atoms with Gasteiger partial charge in [-0.15, -0.1) is 0 Å². The van der Waals surface area contributed by atoms with Gasteiger partial charge in [-0.3, -0.25) is 24.8 Å². The van der Waals surface area contributed by atoms with Gasteiger partial charge >= 0.3 is 15.0 Å². The fourth-order valence-corrected chi connectivity index (χ4v) is 1.98. The standard InChI is InChI=1S/C6H6N2O7S/c9-7(10)5-2-1-3-6(4-5,8(11)12)16(13,14)15/h1-3H,4H2,(H,13,14,15). The summed E-state index contributed by atoms with van der Waals surface area (Å²) in [4.78, 5) is 16.0. The minimum Gasteiger partial charge on any atom is -0.280 e. The van der Waals surface area contributed by atoms with Crippen LogP contribution in [0.25, 0.3) is 0 Å². The first-order valence-corrected chi connectivity index (χ1v) is 5.29. The van der Waals surface area contributed by atoms with E-state index in [9.17, 15) is 28.6 Å². The predicted octanol–water partition coefficient (Wildman–Crippen LogP) is -0.0323. The molecule has 0 aromatic carbocycles. The molecule has 1 unspecified atom stereocenters. The Morgan fingerprint density at radius 3 is 2.31 bits per heavy atom. The fraction of sp³-hybridized carbons (Fsp3) is 0.333. The lowest BCUT2D eigenvalue weighted by Gasteiger charge is -2.18. The zero-order chi connectivity index (χ0) is 12.6. The molecule has 0 amide bonds. The van der Waals surface area contributed by atoms with Crippen LogP contribution in [0.3, 0.4) is 0 Å². The first kappa shape index (κ1) is 12.3. The summed E-state index contributed by atoms with van der Waals surface area (Å²) in [6.07, 6.45) is 1.39. The van der Waals surface area contributed by atoms with Crippen LogP contribution in [-0.4, -0.2) is 27.7 Å². The van der Waals surface area contributed by atoms with Crippen molar-refractivity contribution in [3.63, 3.8) is 0 Å². The van der Waals surface area contributed by atoms with E-state index >= 15 is 0 Å². The van der Waals surface area contributed by atoms with Crippen LogP contribution in [0.1, 0.15) is 6.42 Å². The van der Waals surface area contributed by atoms with Crippen molar-refractivity contribution in [3.8, 4) is 0 Å². The molecular formula is C6H6N2O7S. The van der Waals surface area contributed by atoms with Crippen LogP contribution in [0.4, 0.5) is 0 Å². The second-order valence-corrected chi connectivity index (χ2v) is 4.69. The second-order valence-electron chi connectivity index (χ2n) is 3.03. The lowest BCUT2D eigenvalue weighted by molar-refractivity contribution is -0.535. The van der Waals surface area contributed by atoms with Gasteiger partial charge in [-0.05, 0) is 0 Å². The van der Waals surface area contributed by atoms with E-state index in [1.54, 1.807) is 0 Å². The number of nitro groups is 2. The number of hydrogen-bond acceptors (Lipinski definition) is 6. The van der Waals surface area contributed by atoms with Gasteiger partial charge < -0.3 is 0 Å². The molecule has 1 aliphatic rings. The Morgan fingerprint density at radius 1 is 1.38 bits per heavy atom. The Bertz CT molecular complexity index is 505. The van der Waals surface area contributed by atoms with Crippen LogP contribution in [0, 0.1) is 20.2 Å². The molecule has 88 valence electrons. The molecular weight excluding hydrogens is 244 g/mol. The minimum atomic E-state index is -5.08. The van der Waals surface area contributed by atoms with Crippen molar-refractivity contribution in [1.82, 2.24) is 0 Å². The van der Waals surface area contributed by atoms with Crippen LogP contribution in [0.5, 0.6) is 0 Å². The van der Waals surface area contributed by atoms with E-state index in [1.807, 2.05) is 0 Å². The van der Waals surface area contributed by atoms with Crippen molar-refractivity contribution in [2.75, 3.05) is 0 Å². The zero-order valence-electron chi connectivity index (χ0n) is 7.64. The molecule has 0 radical (unpaired) electrons. The van der Waals surface area contributed by atoms with Gasteiger partial charge in [0.25, 0.3) is 5.70 Å². The summed E-state index contributed by atoms with van der Waals surface area (Å²) < 4.78 is 30.7. The molecule has 1 atom stereocenters. The van der Waals surface area contributed by atoms with Gasteiger partial charge in [0, 0.05) is 17.1 Å². The Hall–Kier alpha value is -1.81. The molecule has 0 spiro atoms. The van der Waals surface area contributed by atoms with Gasteiger partial charge in [-0.2, -0.15) is 8.42 Å². The molecule has 0 saturated heterocycles. The molecule has 0 aromatic rings. The number of hydrogen-bond donors (Lipinski definition) is 1. The van der Waals surface area contributed by atoms with E-state index in [-0.39, 0.29) is 0 Å². The fourth-order valence-electron chi connectivity index (χ4n) is 1.21. The highest BCUT2D eigenvalue weighted by molar-refractivity contribution is 7.87. The topological polar surface area (TPSA) is 141 Å². The maximum atomic E-state index is 10.9. The van der Waals surface area contributed by atoms with E-state index in [0.29, 0.717) is 6.08 Å². The van der Waals surface area contributed by atoms with E-state index in [2.05, 4.69) is 0 Å². The SMILES string of the molecule is O=[N+]([O-])C1=CC=CC([N+](=O)[O-])(S(=O)(=O)O)C1. The summed E-state index contributed by atoms with van der Waals surface area (Å²) in [6, 6.07) is 0. The Balaban J connectivity index is 3.32. The summed E-state index contributed by atoms with van der Waals surface area (Å²) >= 11 is 0. The predicted molar refractivity (Wildman–Crippen MR) is 50.1 cm³/mol. The highest BCUT2D eigenvalue weighted by atomic mass is 32.2. The maximum Gasteiger partial charge on any atom is 0.371 e. The van der Waals surface area contributed by atoms with Gasteiger partial charge in [0.2, 0.25) is 0 Å². The average Bonchev–Trinajstić information content (AvgIpc) is 2.15. The molecule has 0 bridgehead atoms. The van der Waals surface area contributed by atoms with Crippen LogP contribution in [-0.2, 0) is 10.1 Å². The van der Waals surface area contributed by atoms with Crippen LogP contribution < -0.4 is 0 Å². The molecule has 1 N–H and O–H groups in total. The second kappa shape index (κ2) is 3.64. The highest BCUT2D eigenvalue weighted by Crippen LogP contribution is 2.31. The molecule has 0 fully saturated rings. The number of rotatable bonds is 3. The average molecular weight is 250 g/mol. The smallest absolute Gasteiger partial charge is 0.280 e. The third-order valence-corrected chi connectivity index (χ3v) is 3.39. The molecule has 0 saturated carbocycles. The Labute approximate surface area is 89.1 Å². The first-order chi connectivity index (χ1) is 7.21. The molecule has 16 heavy (non-hydrogen) atoms. The molecule has 0 heterocycles. The van der Waals surface area contributed by atoms with Crippen molar-refractivity contribution >= 4 is 10.1 Å². The summed E-state index contributed by atoms with van der Waals surface area (Å²) in [5, 5.41) is 21.1. The van der Waals surface area contributed by atoms with Gasteiger partial charge in [0.15, 0.2) is 0 Å². The normalized spacial score (nSPS) is 24.9. The zero-order valence-corrected chi connectivity index (χ0v) is 8.46. The van der Waals surface area contributed by atoms with E-state index in [1.165, 1.54) is 0 Å². The lowest BCUT2D eigenvalue weighted by Crippen LogP contribution is -2.46. The molecule has 0 aromatic heterocycles. The van der Waals surface area contributed by atoms with Gasteiger partial charge in [-0.1, -0.05) is 6.08 Å². The van der Waals surface area contributed by atoms with Gasteiger partial charge in [0.1, 0.15) is 6.42 Å². The quantitative estimate of drug-likeness (QED) is 0.421. The van der Waals surface area contributed by atoms with Gasteiger partial charge in [0.05, 0.1) is 4.92 Å². The maximum absolute atomic E-state index is 10.9. The molecule has 1 aliphatic carbocycles. The molecule has 10 heteroatoms. The van der Waals surface area contributed by atoms with Crippen molar-refractivity contribution in [1.29, 1.82) is 0 Å². The summed E-state index contributed by atoms with van der Waals surface area (Å²) in [5.74, 6) is 0. The summed E-state index contributed by atoms with van der Waals surface area (Å²) in [6.45, 7) is 0. The first-order valence-electron chi connectivity index (χ1n) is 3.85. The molecule has 0 aliphatic heterocycles. The Kier molecular flexibility index (Phi) is 2.79. The minimum absolute atomic E-state index is 0.606. The van der Waals surface area contributed by atoms with E-state index in [4.69, 9.17) is 4.55 Å². The lowest BCUT2D eigenvalue weighted by atomic mass is 10.1. The van der Waals surface area contributed by atoms with Gasteiger partial charge in [-0.25, -0.2) is 0 Å². The van der Waals surface area contributed by atoms with Crippen LogP contribution in [0.2, 0.25) is 0 Å². The van der Waals surface area contributed by atoms with Crippen molar-refractivity contribution < 1.29 is 22.8 Å². The monoisotopic (exact) mass is 250 g/mol. The van der Waals surface area contributed by atoms with Crippen molar-refractivity contribution in [2.24, 2.45) is 0 Å². The summed E-state index contributed by atoms with van der Waals surface area (Å²) in [7, 11) is -5.08. The third-order valence-electron chi connectivity index (χ3n) is 2.07. The number of allylic oxidation sites excluding steroid dienone is 2. The van der Waals surface area contributed by atoms with Crippen LogP contribution in [0.15, 0.2) is 23.9 Å². The van der Waals surface area contributed by atoms with Crippen molar-refractivity contribution in [2.45, 2.75) is 11.3 Å². The summed E-state index contributed by atoms with van der Waals surface area (Å²) in [5.41, 5.74) is -0.656. The largest absolute Gasteiger partial charge is 0.371 e. The van der Waals surface area contributed by atoms with E-state index in [0.717, 1.165) is 12.2 Å². The highest BCUT2D eigenvalue weighted by Gasteiger charge is 2.57.